The van der Waals surface area contributed by atoms with Crippen molar-refractivity contribution in [2.45, 2.75) is 39.2 Å². The number of carbonyl (C=O) groups excluding carboxylic acids is 1. The maximum Gasteiger partial charge on any atom is 0.145 e. The first-order valence-electron chi connectivity index (χ1n) is 6.98. The topological polar surface area (TPSA) is 97.6 Å². The highest BCUT2D eigenvalue weighted by molar-refractivity contribution is 5.85. The minimum Gasteiger partial charge on any atom is -0.550 e. The summed E-state index contributed by atoms with van der Waals surface area (Å²) < 4.78 is 0. The number of hydrogen-bond donors (Lipinski definition) is 2. The van der Waals surface area contributed by atoms with Crippen molar-refractivity contribution in [3.63, 3.8) is 0 Å². The molecule has 21 heavy (non-hydrogen) atoms. The lowest BCUT2D eigenvalue weighted by Crippen LogP contribution is -2.24. The first kappa shape index (κ1) is 17.1. The molecule has 0 bridgehead atoms. The van der Waals surface area contributed by atoms with Crippen LogP contribution in [-0.2, 0) is 4.79 Å². The van der Waals surface area contributed by atoms with Gasteiger partial charge in [-0.05, 0) is 52.3 Å². The summed E-state index contributed by atoms with van der Waals surface area (Å²) in [6.07, 6.45) is 4.41. The molecule has 0 aliphatic carbocycles. The van der Waals surface area contributed by atoms with E-state index in [9.17, 15) is 15.0 Å². The third-order valence-corrected chi connectivity index (χ3v) is 3.30. The summed E-state index contributed by atoms with van der Waals surface area (Å²) >= 11 is 0. The van der Waals surface area contributed by atoms with Gasteiger partial charge in [-0.15, -0.1) is 0 Å². The molecule has 6 heteroatoms. The summed E-state index contributed by atoms with van der Waals surface area (Å²) in [7, 11) is 1.84. The van der Waals surface area contributed by atoms with E-state index >= 15 is 0 Å². The number of rotatable bonds is 8. The summed E-state index contributed by atoms with van der Waals surface area (Å²) in [6.45, 7) is 4.31. The fraction of sp³-hybridized carbons (Fsp3) is 0.533. The predicted molar refractivity (Wildman–Crippen MR) is 79.5 cm³/mol. The van der Waals surface area contributed by atoms with Gasteiger partial charge in [0, 0.05) is 23.9 Å². The fourth-order valence-corrected chi connectivity index (χ4v) is 1.94. The smallest absolute Gasteiger partial charge is 0.145 e. The Kier molecular flexibility index (Phi) is 6.81. The fourth-order valence-electron chi connectivity index (χ4n) is 1.94. The number of hydrogen-bond acceptors (Lipinski definition) is 6. The number of aryl methyl sites for hydroxylation is 2. The van der Waals surface area contributed by atoms with Gasteiger partial charge in [0.15, 0.2) is 0 Å². The van der Waals surface area contributed by atoms with Crippen LogP contribution >= 0.6 is 0 Å². The molecule has 0 amide bonds. The molecule has 0 aliphatic rings. The molecule has 1 aromatic heterocycles. The van der Waals surface area contributed by atoms with E-state index in [-0.39, 0.29) is 18.2 Å². The van der Waals surface area contributed by atoms with E-state index in [2.05, 4.69) is 15.3 Å². The number of aliphatic carboxylic acids is 1. The van der Waals surface area contributed by atoms with Crippen LogP contribution in [0.15, 0.2) is 11.2 Å². The number of aromatic nitrogens is 1. The molecule has 1 unspecified atom stereocenters. The van der Waals surface area contributed by atoms with Gasteiger partial charge < -0.3 is 20.3 Å². The van der Waals surface area contributed by atoms with Crippen molar-refractivity contribution in [2.75, 3.05) is 13.6 Å². The first-order chi connectivity index (χ1) is 9.95. The maximum atomic E-state index is 10.6. The molecule has 0 spiro atoms. The van der Waals surface area contributed by atoms with Crippen molar-refractivity contribution in [1.29, 1.82) is 0 Å². The second-order valence-electron chi connectivity index (χ2n) is 5.02. The van der Waals surface area contributed by atoms with E-state index in [1.165, 1.54) is 0 Å². The Morgan fingerprint density at radius 3 is 2.86 bits per heavy atom. The van der Waals surface area contributed by atoms with Crippen LogP contribution in [-0.4, -0.2) is 41.9 Å². The van der Waals surface area contributed by atoms with Gasteiger partial charge in [0.1, 0.15) is 5.75 Å². The number of nitrogens with one attached hydrogen (secondary N) is 1. The van der Waals surface area contributed by atoms with E-state index in [0.717, 1.165) is 18.5 Å². The lowest BCUT2D eigenvalue weighted by Gasteiger charge is -2.13. The lowest BCUT2D eigenvalue weighted by atomic mass is 10.1. The molecule has 0 aromatic carbocycles. The SMILES string of the molecule is CNCCC(CCC(=O)[O-])N=Cc1c(C)cnc(C)c1O. The Morgan fingerprint density at radius 1 is 1.52 bits per heavy atom. The van der Waals surface area contributed by atoms with Crippen LogP contribution in [0, 0.1) is 13.8 Å². The average molecular weight is 292 g/mol. The van der Waals surface area contributed by atoms with E-state index in [0.29, 0.717) is 17.7 Å². The Bertz CT molecular complexity index is 515. The molecule has 0 saturated carbocycles. The predicted octanol–water partition coefficient (Wildman–Crippen LogP) is 0.331. The number of nitrogens with zero attached hydrogens (tertiary/aromatic N) is 2. The van der Waals surface area contributed by atoms with E-state index in [4.69, 9.17) is 0 Å². The molecule has 2 N–H and O–H groups in total. The van der Waals surface area contributed by atoms with Crippen molar-refractivity contribution < 1.29 is 15.0 Å². The van der Waals surface area contributed by atoms with Gasteiger partial charge in [0.05, 0.1) is 11.7 Å². The Balaban J connectivity index is 2.86. The van der Waals surface area contributed by atoms with Crippen LogP contribution in [0.3, 0.4) is 0 Å². The zero-order valence-electron chi connectivity index (χ0n) is 12.7. The lowest BCUT2D eigenvalue weighted by molar-refractivity contribution is -0.305. The van der Waals surface area contributed by atoms with Gasteiger partial charge in [-0.1, -0.05) is 0 Å². The Morgan fingerprint density at radius 2 is 2.24 bits per heavy atom. The molecule has 116 valence electrons. The van der Waals surface area contributed by atoms with Crippen LogP contribution in [0.25, 0.3) is 0 Å². The van der Waals surface area contributed by atoms with Crippen molar-refractivity contribution in [1.82, 2.24) is 10.3 Å². The minimum atomic E-state index is -1.07. The monoisotopic (exact) mass is 292 g/mol. The number of pyridine rings is 1. The van der Waals surface area contributed by atoms with Crippen molar-refractivity contribution >= 4 is 12.2 Å². The van der Waals surface area contributed by atoms with Crippen molar-refractivity contribution in [2.24, 2.45) is 4.99 Å². The minimum absolute atomic E-state index is 0.0218. The first-order valence-corrected chi connectivity index (χ1v) is 6.98. The number of aliphatic imine (C=N–C) groups is 1. The maximum absolute atomic E-state index is 10.6. The van der Waals surface area contributed by atoms with Gasteiger partial charge >= 0.3 is 0 Å². The third-order valence-electron chi connectivity index (χ3n) is 3.30. The van der Waals surface area contributed by atoms with Crippen molar-refractivity contribution in [3.8, 4) is 5.75 Å². The number of carbonyl (C=O) groups is 1. The van der Waals surface area contributed by atoms with Crippen LogP contribution in [0.2, 0.25) is 0 Å². The largest absolute Gasteiger partial charge is 0.550 e. The van der Waals surface area contributed by atoms with Crippen LogP contribution < -0.4 is 10.4 Å². The molecule has 1 rings (SSSR count). The quantitative estimate of drug-likeness (QED) is 0.673. The zero-order valence-corrected chi connectivity index (χ0v) is 12.7. The number of carboxylic acid groups (broad SMARTS) is 1. The van der Waals surface area contributed by atoms with E-state index in [1.807, 2.05) is 14.0 Å². The Labute approximate surface area is 124 Å². The summed E-state index contributed by atoms with van der Waals surface area (Å²) in [6, 6.07) is -0.123. The molecule has 1 atom stereocenters. The third kappa shape index (κ3) is 5.51. The second kappa shape index (κ2) is 8.36. The molecule has 1 heterocycles. The van der Waals surface area contributed by atoms with Gasteiger partial charge in [-0.25, -0.2) is 0 Å². The zero-order chi connectivity index (χ0) is 15.8. The van der Waals surface area contributed by atoms with E-state index in [1.54, 1.807) is 19.3 Å². The van der Waals surface area contributed by atoms with Crippen LogP contribution in [0.1, 0.15) is 36.1 Å². The van der Waals surface area contributed by atoms with Crippen LogP contribution in [0.4, 0.5) is 0 Å². The van der Waals surface area contributed by atoms with E-state index < -0.39 is 5.97 Å². The van der Waals surface area contributed by atoms with Gasteiger partial charge in [0.2, 0.25) is 0 Å². The van der Waals surface area contributed by atoms with Gasteiger partial charge in [-0.3, -0.25) is 9.98 Å². The van der Waals surface area contributed by atoms with Gasteiger partial charge in [-0.2, -0.15) is 0 Å². The molecule has 0 aliphatic heterocycles. The number of carboxylic acids is 1. The molecular formula is C15H22N3O3-. The summed E-state index contributed by atoms with van der Waals surface area (Å²) in [5, 5.41) is 23.6. The van der Waals surface area contributed by atoms with Crippen molar-refractivity contribution in [3.05, 3.63) is 23.0 Å². The highest BCUT2D eigenvalue weighted by Gasteiger charge is 2.09. The standard InChI is InChI=1S/C15H23N3O3/c1-10-8-17-11(2)15(21)13(10)9-18-12(6-7-16-3)4-5-14(19)20/h8-9,12,16,21H,4-7H2,1-3H3,(H,19,20)/p-1. The van der Waals surface area contributed by atoms with Gasteiger partial charge in [0.25, 0.3) is 0 Å². The normalized spacial score (nSPS) is 12.7. The summed E-state index contributed by atoms with van der Waals surface area (Å²) in [4.78, 5) is 19.1. The number of aromatic hydroxyl groups is 1. The Hall–Kier alpha value is -1.95. The average Bonchev–Trinajstić information content (AvgIpc) is 2.44. The summed E-state index contributed by atoms with van der Waals surface area (Å²) in [5.74, 6) is -0.954. The molecule has 0 radical (unpaired) electrons. The molecular weight excluding hydrogens is 270 g/mol. The second-order valence-corrected chi connectivity index (χ2v) is 5.02. The molecule has 1 aromatic rings. The van der Waals surface area contributed by atoms with Crippen LogP contribution in [0.5, 0.6) is 5.75 Å². The highest BCUT2D eigenvalue weighted by Crippen LogP contribution is 2.21. The molecule has 0 fully saturated rings. The molecule has 0 saturated heterocycles. The highest BCUT2D eigenvalue weighted by atomic mass is 16.4. The molecule has 6 nitrogen and oxygen atoms in total. The summed E-state index contributed by atoms with van der Waals surface area (Å²) in [5.41, 5.74) is 2.00.